The van der Waals surface area contributed by atoms with Gasteiger partial charge in [-0.15, -0.1) is 0 Å². The van der Waals surface area contributed by atoms with E-state index in [1.165, 1.54) is 6.07 Å². The van der Waals surface area contributed by atoms with E-state index in [-0.39, 0.29) is 5.69 Å². The molecule has 0 saturated carbocycles. The Labute approximate surface area is 96.5 Å². The van der Waals surface area contributed by atoms with E-state index in [1.807, 2.05) is 6.92 Å². The molecular formula is C10H12BrNO3. The predicted octanol–water partition coefficient (Wildman–Crippen LogP) is 2.99. The molecule has 0 saturated heterocycles. The second-order valence-corrected chi connectivity index (χ2v) is 3.99. The minimum atomic E-state index is -0.393. The summed E-state index contributed by atoms with van der Waals surface area (Å²) in [5.41, 5.74) is 1.67. The molecule has 0 fully saturated rings. The molecule has 82 valence electrons. The molecule has 4 nitrogen and oxygen atoms in total. The van der Waals surface area contributed by atoms with Crippen molar-refractivity contribution in [2.75, 3.05) is 11.9 Å². The molecule has 0 unspecified atom stereocenters. The third-order valence-electron chi connectivity index (χ3n) is 2.02. The Hall–Kier alpha value is -1.10. The summed E-state index contributed by atoms with van der Waals surface area (Å²) < 4.78 is 5.38. The summed E-state index contributed by atoms with van der Waals surface area (Å²) in [4.78, 5) is 10.3. The van der Waals surface area contributed by atoms with E-state index in [2.05, 4.69) is 15.9 Å². The average molecular weight is 274 g/mol. The fraction of sp³-hybridized carbons (Fsp3) is 0.400. The zero-order valence-corrected chi connectivity index (χ0v) is 10.2. The van der Waals surface area contributed by atoms with Crippen LogP contribution in [-0.2, 0) is 0 Å². The van der Waals surface area contributed by atoms with Crippen molar-refractivity contribution in [3.8, 4) is 5.75 Å². The predicted molar refractivity (Wildman–Crippen MR) is 61.9 cm³/mol. The summed E-state index contributed by atoms with van der Waals surface area (Å²) in [6, 6.07) is 3.25. The molecule has 1 aromatic carbocycles. The van der Waals surface area contributed by atoms with Crippen molar-refractivity contribution in [3.63, 3.8) is 0 Å². The number of alkyl halides is 1. The van der Waals surface area contributed by atoms with Crippen LogP contribution in [0, 0.1) is 24.0 Å². The molecule has 15 heavy (non-hydrogen) atoms. The first kappa shape index (κ1) is 12.0. The molecule has 1 aromatic rings. The molecule has 0 bridgehead atoms. The topological polar surface area (TPSA) is 52.4 Å². The molecule has 0 spiro atoms. The number of rotatable bonds is 4. The molecule has 0 atom stereocenters. The number of halogens is 1. The lowest BCUT2D eigenvalue weighted by Crippen LogP contribution is -2.01. The summed E-state index contributed by atoms with van der Waals surface area (Å²) in [6.45, 7) is 4.10. The zero-order valence-electron chi connectivity index (χ0n) is 8.62. The Morgan fingerprint density at radius 3 is 2.60 bits per heavy atom. The maximum absolute atomic E-state index is 10.7. The lowest BCUT2D eigenvalue weighted by molar-refractivity contribution is -0.385. The van der Waals surface area contributed by atoms with Crippen LogP contribution < -0.4 is 4.74 Å². The number of nitrogens with zero attached hydrogens (tertiary/aromatic N) is 1. The number of aryl methyl sites for hydroxylation is 2. The molecule has 0 aliphatic rings. The van der Waals surface area contributed by atoms with E-state index < -0.39 is 4.92 Å². The second kappa shape index (κ2) is 5.11. The normalized spacial score (nSPS) is 10.1. The first-order valence-corrected chi connectivity index (χ1v) is 5.62. The smallest absolute Gasteiger partial charge is 0.276 e. The molecular weight excluding hydrogens is 262 g/mol. The van der Waals surface area contributed by atoms with Gasteiger partial charge in [0.05, 0.1) is 17.6 Å². The third-order valence-corrected chi connectivity index (χ3v) is 2.35. The molecule has 0 radical (unpaired) electrons. The van der Waals surface area contributed by atoms with Crippen LogP contribution in [0.25, 0.3) is 0 Å². The first-order chi connectivity index (χ1) is 7.06. The van der Waals surface area contributed by atoms with E-state index in [1.54, 1.807) is 13.0 Å². The lowest BCUT2D eigenvalue weighted by atomic mass is 10.1. The van der Waals surface area contributed by atoms with Gasteiger partial charge in [-0.1, -0.05) is 15.9 Å². The van der Waals surface area contributed by atoms with Crippen molar-refractivity contribution < 1.29 is 9.66 Å². The van der Waals surface area contributed by atoms with Gasteiger partial charge in [0.1, 0.15) is 5.75 Å². The number of nitro benzene ring substituents is 1. The van der Waals surface area contributed by atoms with Gasteiger partial charge in [0.15, 0.2) is 0 Å². The van der Waals surface area contributed by atoms with Gasteiger partial charge in [0.2, 0.25) is 0 Å². The number of benzene rings is 1. The van der Waals surface area contributed by atoms with Crippen LogP contribution in [0.15, 0.2) is 12.1 Å². The minimum absolute atomic E-state index is 0.102. The highest BCUT2D eigenvalue weighted by Gasteiger charge is 2.14. The summed E-state index contributed by atoms with van der Waals surface area (Å²) >= 11 is 3.23. The van der Waals surface area contributed by atoms with Gasteiger partial charge in [-0.2, -0.15) is 0 Å². The van der Waals surface area contributed by atoms with Gasteiger partial charge in [0.25, 0.3) is 5.69 Å². The summed E-state index contributed by atoms with van der Waals surface area (Å²) in [5.74, 6) is 0.576. The summed E-state index contributed by atoms with van der Waals surface area (Å²) in [5, 5.41) is 11.4. The maximum Gasteiger partial charge on any atom is 0.276 e. The van der Waals surface area contributed by atoms with Crippen molar-refractivity contribution in [2.45, 2.75) is 13.8 Å². The quantitative estimate of drug-likeness (QED) is 0.482. The molecule has 0 aliphatic heterocycles. The van der Waals surface area contributed by atoms with E-state index in [9.17, 15) is 10.1 Å². The maximum atomic E-state index is 10.7. The van der Waals surface area contributed by atoms with Gasteiger partial charge in [-0.25, -0.2) is 0 Å². The molecule has 1 rings (SSSR count). The highest BCUT2D eigenvalue weighted by atomic mass is 79.9. The molecule has 5 heteroatoms. The number of hydrogen-bond donors (Lipinski definition) is 0. The van der Waals surface area contributed by atoms with Crippen LogP contribution >= 0.6 is 15.9 Å². The standard InChI is InChI=1S/C10H12BrNO3/c1-7-5-8(2)10(15-4-3-11)6-9(7)12(13)14/h5-6H,3-4H2,1-2H3. The van der Waals surface area contributed by atoms with Gasteiger partial charge >= 0.3 is 0 Å². The van der Waals surface area contributed by atoms with Crippen molar-refractivity contribution in [2.24, 2.45) is 0 Å². The van der Waals surface area contributed by atoms with Crippen LogP contribution in [0.1, 0.15) is 11.1 Å². The Bertz CT molecular complexity index is 379. The highest BCUT2D eigenvalue weighted by Crippen LogP contribution is 2.27. The van der Waals surface area contributed by atoms with Gasteiger partial charge in [-0.3, -0.25) is 10.1 Å². The van der Waals surface area contributed by atoms with E-state index in [4.69, 9.17) is 4.74 Å². The van der Waals surface area contributed by atoms with Crippen LogP contribution in [-0.4, -0.2) is 16.9 Å². The van der Waals surface area contributed by atoms with E-state index in [0.717, 1.165) is 5.56 Å². The number of nitro groups is 1. The Morgan fingerprint density at radius 2 is 2.07 bits per heavy atom. The molecule has 0 amide bonds. The lowest BCUT2D eigenvalue weighted by Gasteiger charge is -2.08. The van der Waals surface area contributed by atoms with Gasteiger partial charge in [-0.05, 0) is 25.5 Å². The average Bonchev–Trinajstić information content (AvgIpc) is 2.16. The monoisotopic (exact) mass is 273 g/mol. The fourth-order valence-electron chi connectivity index (χ4n) is 1.32. The number of hydrogen-bond acceptors (Lipinski definition) is 3. The van der Waals surface area contributed by atoms with Crippen LogP contribution in [0.4, 0.5) is 5.69 Å². The van der Waals surface area contributed by atoms with Crippen molar-refractivity contribution in [1.29, 1.82) is 0 Å². The van der Waals surface area contributed by atoms with Crippen molar-refractivity contribution in [3.05, 3.63) is 33.4 Å². The Kier molecular flexibility index (Phi) is 4.08. The Balaban J connectivity index is 3.06. The molecule has 0 heterocycles. The van der Waals surface area contributed by atoms with Crippen molar-refractivity contribution >= 4 is 21.6 Å². The second-order valence-electron chi connectivity index (χ2n) is 3.20. The highest BCUT2D eigenvalue weighted by molar-refractivity contribution is 9.09. The molecule has 0 N–H and O–H groups in total. The zero-order chi connectivity index (χ0) is 11.4. The minimum Gasteiger partial charge on any atom is -0.492 e. The van der Waals surface area contributed by atoms with E-state index >= 15 is 0 Å². The van der Waals surface area contributed by atoms with Crippen LogP contribution in [0.2, 0.25) is 0 Å². The summed E-state index contributed by atoms with van der Waals surface area (Å²) in [6.07, 6.45) is 0. The van der Waals surface area contributed by atoms with Crippen LogP contribution in [0.5, 0.6) is 5.75 Å². The SMILES string of the molecule is Cc1cc(C)c([N+](=O)[O-])cc1OCCBr. The third kappa shape index (κ3) is 2.92. The number of ether oxygens (including phenoxy) is 1. The largest absolute Gasteiger partial charge is 0.492 e. The first-order valence-electron chi connectivity index (χ1n) is 4.50. The molecule has 0 aromatic heterocycles. The van der Waals surface area contributed by atoms with Crippen LogP contribution in [0.3, 0.4) is 0 Å². The van der Waals surface area contributed by atoms with Gasteiger partial charge < -0.3 is 4.74 Å². The Morgan fingerprint density at radius 1 is 1.40 bits per heavy atom. The summed E-state index contributed by atoms with van der Waals surface area (Å²) in [7, 11) is 0. The van der Waals surface area contributed by atoms with Gasteiger partial charge in [0, 0.05) is 10.9 Å². The van der Waals surface area contributed by atoms with Crippen molar-refractivity contribution in [1.82, 2.24) is 0 Å². The van der Waals surface area contributed by atoms with E-state index in [0.29, 0.717) is 23.2 Å². The fourth-order valence-corrected chi connectivity index (χ4v) is 1.48. The molecule has 0 aliphatic carbocycles.